The Hall–Kier alpha value is -1.29. The van der Waals surface area contributed by atoms with Gasteiger partial charge in [-0.25, -0.2) is 0 Å². The van der Waals surface area contributed by atoms with E-state index in [9.17, 15) is 5.11 Å². The third-order valence-electron chi connectivity index (χ3n) is 4.30. The Balaban J connectivity index is 2.08. The molecule has 1 aliphatic heterocycles. The molecule has 110 valence electrons. The van der Waals surface area contributed by atoms with E-state index < -0.39 is 0 Å². The first-order valence-corrected chi connectivity index (χ1v) is 8.42. The number of fused-ring (bicyclic) bond motifs is 1. The van der Waals surface area contributed by atoms with Crippen LogP contribution in [0.4, 0.5) is 0 Å². The minimum Gasteiger partial charge on any atom is -0.394 e. The molecule has 2 nitrogen and oxygen atoms in total. The molecule has 3 heteroatoms. The molecule has 2 aromatic carbocycles. The molecule has 0 saturated heterocycles. The van der Waals surface area contributed by atoms with Crippen molar-refractivity contribution in [3.8, 4) is 0 Å². The topological polar surface area (TPSA) is 32.3 Å². The number of benzene rings is 2. The fraction of sp³-hybridized carbons (Fsp3) is 0.333. The van der Waals surface area contributed by atoms with Gasteiger partial charge in [-0.15, -0.1) is 11.8 Å². The quantitative estimate of drug-likeness (QED) is 0.908. The van der Waals surface area contributed by atoms with E-state index in [1.54, 1.807) is 0 Å². The normalized spacial score (nSPS) is 25.1. The summed E-state index contributed by atoms with van der Waals surface area (Å²) in [6, 6.07) is 19.2. The van der Waals surface area contributed by atoms with Crippen LogP contribution in [-0.4, -0.2) is 23.0 Å². The highest BCUT2D eigenvalue weighted by atomic mass is 32.2. The Morgan fingerprint density at radius 3 is 2.57 bits per heavy atom. The molecule has 0 bridgehead atoms. The van der Waals surface area contributed by atoms with Crippen LogP contribution < -0.4 is 5.32 Å². The van der Waals surface area contributed by atoms with E-state index in [2.05, 4.69) is 60.8 Å². The first-order valence-electron chi connectivity index (χ1n) is 7.43. The molecule has 1 aliphatic rings. The number of thioether (sulfide) groups is 1. The van der Waals surface area contributed by atoms with Crippen LogP contribution in [0.15, 0.2) is 59.5 Å². The molecule has 2 N–H and O–H groups in total. The Kier molecular flexibility index (Phi) is 4.34. The Labute approximate surface area is 130 Å². The van der Waals surface area contributed by atoms with Crippen LogP contribution in [0.5, 0.6) is 0 Å². The molecule has 2 atom stereocenters. The summed E-state index contributed by atoms with van der Waals surface area (Å²) in [7, 11) is 0. The summed E-state index contributed by atoms with van der Waals surface area (Å²) in [4.78, 5) is 1.31. The number of hydrogen-bond acceptors (Lipinski definition) is 3. The lowest BCUT2D eigenvalue weighted by molar-refractivity contribution is 0.166. The van der Waals surface area contributed by atoms with Crippen LogP contribution in [0.3, 0.4) is 0 Å². The summed E-state index contributed by atoms with van der Waals surface area (Å²) >= 11 is 1.84. The van der Waals surface area contributed by atoms with Gasteiger partial charge in [-0.05, 0) is 23.6 Å². The van der Waals surface area contributed by atoms with Gasteiger partial charge in [0.2, 0.25) is 0 Å². The van der Waals surface area contributed by atoms with E-state index in [-0.39, 0.29) is 18.2 Å². The van der Waals surface area contributed by atoms with Crippen LogP contribution in [0, 0.1) is 0 Å². The molecule has 0 radical (unpaired) electrons. The first kappa shape index (κ1) is 14.6. The van der Waals surface area contributed by atoms with E-state index in [0.717, 1.165) is 12.2 Å². The number of rotatable bonds is 3. The van der Waals surface area contributed by atoms with Crippen LogP contribution in [-0.2, 0) is 0 Å². The fourth-order valence-electron chi connectivity index (χ4n) is 2.81. The first-order chi connectivity index (χ1) is 10.3. The van der Waals surface area contributed by atoms with Crippen molar-refractivity contribution < 1.29 is 5.11 Å². The smallest absolute Gasteiger partial charge is 0.0621 e. The third kappa shape index (κ3) is 2.86. The van der Waals surface area contributed by atoms with Gasteiger partial charge >= 0.3 is 0 Å². The molecule has 0 aromatic heterocycles. The zero-order valence-corrected chi connectivity index (χ0v) is 13.1. The van der Waals surface area contributed by atoms with Gasteiger partial charge in [-0.3, -0.25) is 5.32 Å². The van der Waals surface area contributed by atoms with Gasteiger partial charge in [0.15, 0.2) is 0 Å². The molecule has 2 aromatic rings. The molecule has 3 rings (SSSR count). The second kappa shape index (κ2) is 6.22. The highest BCUT2D eigenvalue weighted by molar-refractivity contribution is 7.99. The zero-order valence-electron chi connectivity index (χ0n) is 12.3. The summed E-state index contributed by atoms with van der Waals surface area (Å²) in [6.07, 6.45) is 0.911. The van der Waals surface area contributed by atoms with Crippen molar-refractivity contribution in [2.75, 3.05) is 12.4 Å². The number of aliphatic hydroxyl groups excluding tert-OH is 1. The molecule has 0 saturated carbocycles. The van der Waals surface area contributed by atoms with Crippen LogP contribution in [0.1, 0.15) is 30.5 Å². The van der Waals surface area contributed by atoms with Crippen molar-refractivity contribution >= 4 is 11.8 Å². The minimum absolute atomic E-state index is 0.129. The molecular formula is C18H21NOS. The highest BCUT2D eigenvalue weighted by Gasteiger charge is 2.35. The lowest BCUT2D eigenvalue weighted by Crippen LogP contribution is -2.51. The van der Waals surface area contributed by atoms with Crippen molar-refractivity contribution in [3.63, 3.8) is 0 Å². The maximum absolute atomic E-state index is 9.93. The molecule has 0 unspecified atom stereocenters. The van der Waals surface area contributed by atoms with Crippen molar-refractivity contribution in [1.29, 1.82) is 0 Å². The maximum atomic E-state index is 9.93. The van der Waals surface area contributed by atoms with Crippen LogP contribution in [0.25, 0.3) is 0 Å². The van der Waals surface area contributed by atoms with E-state index >= 15 is 0 Å². The lowest BCUT2D eigenvalue weighted by Gasteiger charge is -2.34. The summed E-state index contributed by atoms with van der Waals surface area (Å²) in [5.41, 5.74) is 2.32. The maximum Gasteiger partial charge on any atom is 0.0621 e. The molecule has 1 heterocycles. The highest BCUT2D eigenvalue weighted by Crippen LogP contribution is 2.38. The second-order valence-corrected chi connectivity index (χ2v) is 6.62. The summed E-state index contributed by atoms with van der Waals surface area (Å²) < 4.78 is 0. The molecule has 0 fully saturated rings. The fourth-order valence-corrected chi connectivity index (χ4v) is 4.15. The number of aliphatic hydroxyl groups is 1. The summed E-state index contributed by atoms with van der Waals surface area (Å²) in [5, 5.41) is 13.7. The van der Waals surface area contributed by atoms with Crippen molar-refractivity contribution in [1.82, 2.24) is 5.32 Å². The van der Waals surface area contributed by atoms with Gasteiger partial charge in [-0.1, -0.05) is 55.5 Å². The Morgan fingerprint density at radius 1 is 1.14 bits per heavy atom. The largest absolute Gasteiger partial charge is 0.394 e. The van der Waals surface area contributed by atoms with Gasteiger partial charge < -0.3 is 5.11 Å². The molecule has 0 amide bonds. The molecule has 0 aliphatic carbocycles. The lowest BCUT2D eigenvalue weighted by atomic mass is 9.92. The predicted molar refractivity (Wildman–Crippen MR) is 88.7 cm³/mol. The summed E-state index contributed by atoms with van der Waals surface area (Å²) in [6.45, 7) is 2.30. The molecule has 0 spiro atoms. The zero-order chi connectivity index (χ0) is 14.7. The molecule has 21 heavy (non-hydrogen) atoms. The SMILES string of the molecule is CC[C@]1(CO)CSc2ccccc2[C@H](c2ccccc2)N1. The van der Waals surface area contributed by atoms with E-state index in [1.165, 1.54) is 16.0 Å². The van der Waals surface area contributed by atoms with Crippen LogP contribution in [0.2, 0.25) is 0 Å². The van der Waals surface area contributed by atoms with Crippen LogP contribution >= 0.6 is 11.8 Å². The van der Waals surface area contributed by atoms with Gasteiger partial charge in [0.05, 0.1) is 18.2 Å². The van der Waals surface area contributed by atoms with Crippen molar-refractivity contribution in [2.45, 2.75) is 29.8 Å². The van der Waals surface area contributed by atoms with Gasteiger partial charge in [-0.2, -0.15) is 0 Å². The second-order valence-electron chi connectivity index (χ2n) is 5.61. The van der Waals surface area contributed by atoms with E-state index in [4.69, 9.17) is 0 Å². The average Bonchev–Trinajstić information content (AvgIpc) is 2.74. The van der Waals surface area contributed by atoms with Gasteiger partial charge in [0.25, 0.3) is 0 Å². The minimum atomic E-state index is -0.232. The Bertz CT molecular complexity index is 595. The van der Waals surface area contributed by atoms with E-state index in [0.29, 0.717) is 0 Å². The van der Waals surface area contributed by atoms with Crippen molar-refractivity contribution in [2.24, 2.45) is 0 Å². The van der Waals surface area contributed by atoms with Crippen molar-refractivity contribution in [3.05, 3.63) is 65.7 Å². The Morgan fingerprint density at radius 2 is 1.86 bits per heavy atom. The summed E-state index contributed by atoms with van der Waals surface area (Å²) in [5.74, 6) is 0.889. The van der Waals surface area contributed by atoms with Gasteiger partial charge in [0.1, 0.15) is 0 Å². The van der Waals surface area contributed by atoms with E-state index in [1.807, 2.05) is 17.8 Å². The predicted octanol–water partition coefficient (Wildman–Crippen LogP) is 3.61. The average molecular weight is 299 g/mol. The number of hydrogen-bond donors (Lipinski definition) is 2. The third-order valence-corrected chi connectivity index (χ3v) is 5.68. The van der Waals surface area contributed by atoms with Gasteiger partial charge in [0, 0.05) is 10.6 Å². The standard InChI is InChI=1S/C18H21NOS/c1-2-18(12-20)13-21-16-11-7-6-10-15(16)17(19-18)14-8-4-3-5-9-14/h3-11,17,19-20H,2,12-13H2,1H3/t17-,18-/m0/s1. The number of nitrogens with one attached hydrogen (secondary N) is 1. The monoisotopic (exact) mass is 299 g/mol. The molecular weight excluding hydrogens is 278 g/mol.